The highest BCUT2D eigenvalue weighted by Crippen LogP contribution is 2.09. The predicted molar refractivity (Wildman–Crippen MR) is 49.8 cm³/mol. The Morgan fingerprint density at radius 3 is 2.33 bits per heavy atom. The van der Waals surface area contributed by atoms with Crippen LogP contribution in [0.1, 0.15) is 27.2 Å². The molecular formula is C9H15F2NO3. The molecule has 0 radical (unpaired) electrons. The van der Waals surface area contributed by atoms with Crippen LogP contribution >= 0.6 is 0 Å². The van der Waals surface area contributed by atoms with Crippen molar-refractivity contribution >= 4 is 12.4 Å². The van der Waals surface area contributed by atoms with Crippen molar-refractivity contribution in [2.75, 3.05) is 0 Å². The first kappa shape index (κ1) is 13.8. The third-order valence-electron chi connectivity index (χ3n) is 1.36. The van der Waals surface area contributed by atoms with Crippen molar-refractivity contribution in [3.05, 3.63) is 0 Å². The van der Waals surface area contributed by atoms with Crippen molar-refractivity contribution in [2.45, 2.75) is 45.3 Å². The molecule has 6 heteroatoms. The molecule has 15 heavy (non-hydrogen) atoms. The molecule has 0 rings (SSSR count). The van der Waals surface area contributed by atoms with Crippen molar-refractivity contribution < 1.29 is 23.1 Å². The number of ether oxygens (including phenoxy) is 1. The normalized spacial score (nSPS) is 13.5. The van der Waals surface area contributed by atoms with E-state index < -0.39 is 30.6 Å². The van der Waals surface area contributed by atoms with Crippen LogP contribution in [-0.4, -0.2) is 30.4 Å². The fourth-order valence-electron chi connectivity index (χ4n) is 0.787. The van der Waals surface area contributed by atoms with Gasteiger partial charge in [-0.1, -0.05) is 0 Å². The lowest BCUT2D eigenvalue weighted by molar-refractivity contribution is -0.109. The zero-order chi connectivity index (χ0) is 12.1. The van der Waals surface area contributed by atoms with Crippen LogP contribution < -0.4 is 5.32 Å². The summed E-state index contributed by atoms with van der Waals surface area (Å²) in [7, 11) is 0. The van der Waals surface area contributed by atoms with E-state index in [-0.39, 0.29) is 0 Å². The van der Waals surface area contributed by atoms with E-state index in [4.69, 9.17) is 4.74 Å². The standard InChI is InChI=1S/C9H15F2NO3/c1-9(2,3)15-8(14)12-6(4-5-13)7(10)11/h5-7H,4H2,1-3H3,(H,12,14)/t6-/m1/s1. The lowest BCUT2D eigenvalue weighted by Gasteiger charge is -2.22. The Labute approximate surface area is 87.0 Å². The van der Waals surface area contributed by atoms with E-state index in [0.29, 0.717) is 6.29 Å². The van der Waals surface area contributed by atoms with Gasteiger partial charge in [-0.2, -0.15) is 0 Å². The number of aldehydes is 1. The Balaban J connectivity index is 4.17. The number of alkyl carbamates (subject to hydrolysis) is 1. The molecular weight excluding hydrogens is 208 g/mol. The Morgan fingerprint density at radius 2 is 2.00 bits per heavy atom. The first-order valence-electron chi connectivity index (χ1n) is 4.47. The van der Waals surface area contributed by atoms with Gasteiger partial charge in [-0.3, -0.25) is 0 Å². The maximum atomic E-state index is 12.3. The second-order valence-electron chi connectivity index (χ2n) is 3.99. The number of carbonyl (C=O) groups excluding carboxylic acids is 2. The monoisotopic (exact) mass is 223 g/mol. The molecule has 0 heterocycles. The first-order chi connectivity index (χ1) is 6.76. The van der Waals surface area contributed by atoms with E-state index in [0.717, 1.165) is 0 Å². The van der Waals surface area contributed by atoms with Gasteiger partial charge in [0.25, 0.3) is 6.43 Å². The minimum absolute atomic E-state index is 0.328. The number of hydrogen-bond donors (Lipinski definition) is 1. The molecule has 0 saturated heterocycles. The molecule has 0 aromatic rings. The van der Waals surface area contributed by atoms with Crippen LogP contribution in [0.4, 0.5) is 13.6 Å². The topological polar surface area (TPSA) is 55.4 Å². The van der Waals surface area contributed by atoms with E-state index >= 15 is 0 Å². The lowest BCUT2D eigenvalue weighted by Crippen LogP contribution is -2.43. The third-order valence-corrected chi connectivity index (χ3v) is 1.36. The Kier molecular flexibility index (Phi) is 5.18. The highest BCUT2D eigenvalue weighted by Gasteiger charge is 2.24. The highest BCUT2D eigenvalue weighted by atomic mass is 19.3. The number of carbonyl (C=O) groups is 2. The zero-order valence-corrected chi connectivity index (χ0v) is 8.92. The molecule has 1 N–H and O–H groups in total. The van der Waals surface area contributed by atoms with Gasteiger partial charge in [0.15, 0.2) is 0 Å². The summed E-state index contributed by atoms with van der Waals surface area (Å²) < 4.78 is 29.3. The largest absolute Gasteiger partial charge is 0.444 e. The molecule has 0 aliphatic heterocycles. The van der Waals surface area contributed by atoms with Crippen molar-refractivity contribution in [1.29, 1.82) is 0 Å². The summed E-state index contributed by atoms with van der Waals surface area (Å²) in [5.41, 5.74) is -0.752. The summed E-state index contributed by atoms with van der Waals surface area (Å²) in [5, 5.41) is 1.93. The van der Waals surface area contributed by atoms with E-state index in [1.165, 1.54) is 0 Å². The molecule has 88 valence electrons. The molecule has 1 amide bonds. The van der Waals surface area contributed by atoms with E-state index in [2.05, 4.69) is 0 Å². The second-order valence-corrected chi connectivity index (χ2v) is 3.99. The first-order valence-corrected chi connectivity index (χ1v) is 4.47. The van der Waals surface area contributed by atoms with Crippen molar-refractivity contribution in [2.24, 2.45) is 0 Å². The molecule has 0 fully saturated rings. The maximum Gasteiger partial charge on any atom is 0.408 e. The van der Waals surface area contributed by atoms with Gasteiger partial charge in [0.05, 0.1) is 6.04 Å². The average Bonchev–Trinajstić information content (AvgIpc) is 1.99. The SMILES string of the molecule is CC(C)(C)OC(=O)N[C@H](CC=O)C(F)F. The van der Waals surface area contributed by atoms with Crippen LogP contribution in [0, 0.1) is 0 Å². The number of alkyl halides is 2. The van der Waals surface area contributed by atoms with Gasteiger partial charge < -0.3 is 14.8 Å². The maximum absolute atomic E-state index is 12.3. The number of nitrogens with one attached hydrogen (secondary N) is 1. The quantitative estimate of drug-likeness (QED) is 0.738. The zero-order valence-electron chi connectivity index (χ0n) is 8.92. The Bertz CT molecular complexity index is 226. The fraction of sp³-hybridized carbons (Fsp3) is 0.778. The van der Waals surface area contributed by atoms with Gasteiger partial charge in [-0.15, -0.1) is 0 Å². The molecule has 0 bridgehead atoms. The lowest BCUT2D eigenvalue weighted by atomic mass is 10.2. The average molecular weight is 223 g/mol. The molecule has 0 aromatic heterocycles. The van der Waals surface area contributed by atoms with Crippen molar-refractivity contribution in [3.63, 3.8) is 0 Å². The Morgan fingerprint density at radius 1 is 1.47 bits per heavy atom. The smallest absolute Gasteiger partial charge is 0.408 e. The van der Waals surface area contributed by atoms with E-state index in [9.17, 15) is 18.4 Å². The minimum atomic E-state index is -2.79. The third kappa shape index (κ3) is 6.82. The van der Waals surface area contributed by atoms with E-state index in [1.54, 1.807) is 20.8 Å². The number of amides is 1. The van der Waals surface area contributed by atoms with E-state index in [1.807, 2.05) is 5.32 Å². The van der Waals surface area contributed by atoms with Crippen molar-refractivity contribution in [3.8, 4) is 0 Å². The molecule has 0 aliphatic carbocycles. The molecule has 1 atom stereocenters. The number of hydrogen-bond acceptors (Lipinski definition) is 3. The number of halogens is 2. The molecule has 0 saturated carbocycles. The summed E-state index contributed by atoms with van der Waals surface area (Å²) >= 11 is 0. The fourth-order valence-corrected chi connectivity index (χ4v) is 0.787. The summed E-state index contributed by atoms with van der Waals surface area (Å²) in [6.45, 7) is 4.84. The van der Waals surface area contributed by atoms with Crippen LogP contribution in [0.15, 0.2) is 0 Å². The van der Waals surface area contributed by atoms with Crippen LogP contribution in [0.25, 0.3) is 0 Å². The number of rotatable bonds is 4. The van der Waals surface area contributed by atoms with Crippen molar-refractivity contribution in [1.82, 2.24) is 5.32 Å². The van der Waals surface area contributed by atoms with Gasteiger partial charge in [0, 0.05) is 6.42 Å². The molecule has 0 aliphatic rings. The Hall–Kier alpha value is -1.20. The summed E-state index contributed by atoms with van der Waals surface area (Å²) in [6, 6.07) is -1.49. The molecule has 4 nitrogen and oxygen atoms in total. The summed E-state index contributed by atoms with van der Waals surface area (Å²) in [6.07, 6.45) is -3.84. The highest BCUT2D eigenvalue weighted by molar-refractivity contribution is 5.68. The van der Waals surface area contributed by atoms with Crippen LogP contribution in [-0.2, 0) is 9.53 Å². The second kappa shape index (κ2) is 5.63. The van der Waals surface area contributed by atoms with Gasteiger partial charge in [-0.05, 0) is 20.8 Å². The molecule has 0 spiro atoms. The van der Waals surface area contributed by atoms with Gasteiger partial charge in [0.2, 0.25) is 0 Å². The van der Waals surface area contributed by atoms with Crippen LogP contribution in [0.2, 0.25) is 0 Å². The minimum Gasteiger partial charge on any atom is -0.444 e. The van der Waals surface area contributed by atoms with Gasteiger partial charge in [-0.25, -0.2) is 13.6 Å². The molecule has 0 aromatic carbocycles. The molecule has 0 unspecified atom stereocenters. The van der Waals surface area contributed by atoms with Gasteiger partial charge in [0.1, 0.15) is 11.9 Å². The van der Waals surface area contributed by atoms with Gasteiger partial charge >= 0.3 is 6.09 Å². The van der Waals surface area contributed by atoms with Crippen LogP contribution in [0.5, 0.6) is 0 Å². The van der Waals surface area contributed by atoms with Crippen LogP contribution in [0.3, 0.4) is 0 Å². The summed E-state index contributed by atoms with van der Waals surface area (Å²) in [5.74, 6) is 0. The predicted octanol–water partition coefficient (Wildman–Crippen LogP) is 1.73. The summed E-state index contributed by atoms with van der Waals surface area (Å²) in [4.78, 5) is 21.1.